The molecule has 180 valence electrons. The first-order valence-electron chi connectivity index (χ1n) is 13.6. The molecule has 2 saturated carbocycles. The molecule has 0 bridgehead atoms. The third-order valence-corrected chi connectivity index (χ3v) is 10.1. The minimum Gasteiger partial charge on any atom is -0.372 e. The fraction of sp³-hybridized carbons (Fsp3) is 0.594. The molecule has 0 N–H and O–H groups in total. The first-order chi connectivity index (χ1) is 16.2. The molecule has 0 spiro atoms. The van der Waals surface area contributed by atoms with E-state index >= 15 is 0 Å². The third kappa shape index (κ3) is 3.51. The molecular formula is C32H41NO. The first kappa shape index (κ1) is 22.5. The summed E-state index contributed by atoms with van der Waals surface area (Å²) in [7, 11) is 0. The van der Waals surface area contributed by atoms with Gasteiger partial charge in [0.25, 0.3) is 0 Å². The van der Waals surface area contributed by atoms with Gasteiger partial charge in [-0.25, -0.2) is 0 Å². The monoisotopic (exact) mass is 455 g/mol. The normalized spacial score (nSPS) is 37.4. The first-order valence-corrected chi connectivity index (χ1v) is 13.6. The molecule has 1 aromatic heterocycles. The number of hydrogen-bond acceptors (Lipinski definition) is 2. The molecule has 0 aliphatic heterocycles. The Kier molecular flexibility index (Phi) is 5.16. The summed E-state index contributed by atoms with van der Waals surface area (Å²) in [5.41, 5.74) is 6.45. The Morgan fingerprint density at radius 1 is 0.941 bits per heavy atom. The van der Waals surface area contributed by atoms with Crippen LogP contribution in [0.3, 0.4) is 0 Å². The number of hydrogen-bond donors (Lipinski definition) is 0. The highest BCUT2D eigenvalue weighted by Gasteiger charge is 2.57. The van der Waals surface area contributed by atoms with Gasteiger partial charge in [-0.15, -0.1) is 0 Å². The van der Waals surface area contributed by atoms with Gasteiger partial charge in [-0.05, 0) is 124 Å². The summed E-state index contributed by atoms with van der Waals surface area (Å²) in [6.45, 7) is 11.8. The van der Waals surface area contributed by atoms with Gasteiger partial charge >= 0.3 is 0 Å². The molecule has 4 aliphatic carbocycles. The van der Waals surface area contributed by atoms with Crippen molar-refractivity contribution in [2.45, 2.75) is 91.3 Å². The maximum Gasteiger partial charge on any atom is 0.0702 e. The van der Waals surface area contributed by atoms with E-state index in [1.165, 1.54) is 49.5 Å². The number of rotatable bonds is 2. The van der Waals surface area contributed by atoms with Crippen molar-refractivity contribution in [3.63, 3.8) is 0 Å². The summed E-state index contributed by atoms with van der Waals surface area (Å²) in [6, 6.07) is 11.2. The van der Waals surface area contributed by atoms with E-state index < -0.39 is 0 Å². The molecule has 34 heavy (non-hydrogen) atoms. The number of allylic oxidation sites excluding steroid dienone is 3. The van der Waals surface area contributed by atoms with E-state index in [4.69, 9.17) is 4.74 Å². The molecule has 0 saturated heterocycles. The molecule has 6 rings (SSSR count). The van der Waals surface area contributed by atoms with Crippen molar-refractivity contribution in [2.75, 3.05) is 0 Å². The number of pyridine rings is 1. The second-order valence-corrected chi connectivity index (χ2v) is 13.1. The van der Waals surface area contributed by atoms with E-state index in [9.17, 15) is 0 Å². The zero-order valence-corrected chi connectivity index (χ0v) is 21.7. The summed E-state index contributed by atoms with van der Waals surface area (Å²) in [5, 5.41) is 1.26. The minimum atomic E-state index is -0.0480. The Bertz CT molecular complexity index is 1170. The third-order valence-electron chi connectivity index (χ3n) is 10.1. The SMILES string of the molecule is CC(C)(C)O[C@@H]1CC[C@@]2(C)C(=CC[C@@H]3[C@@H]2CC[C@]2(C)C(c4ccc5ncccc5c4)=CC[C@@H]32)C1. The predicted molar refractivity (Wildman–Crippen MR) is 141 cm³/mol. The molecule has 0 radical (unpaired) electrons. The van der Waals surface area contributed by atoms with Crippen LogP contribution >= 0.6 is 0 Å². The second-order valence-electron chi connectivity index (χ2n) is 13.1. The second kappa shape index (κ2) is 7.79. The number of aromatic nitrogens is 1. The van der Waals surface area contributed by atoms with Crippen LogP contribution in [0.2, 0.25) is 0 Å². The van der Waals surface area contributed by atoms with Gasteiger partial charge < -0.3 is 4.74 Å². The lowest BCUT2D eigenvalue weighted by Crippen LogP contribution is -2.50. The lowest BCUT2D eigenvalue weighted by Gasteiger charge is -2.58. The average Bonchev–Trinajstić information content (AvgIpc) is 3.15. The topological polar surface area (TPSA) is 22.1 Å². The lowest BCUT2D eigenvalue weighted by atomic mass is 9.47. The van der Waals surface area contributed by atoms with Crippen molar-refractivity contribution in [1.82, 2.24) is 4.98 Å². The van der Waals surface area contributed by atoms with Crippen molar-refractivity contribution in [3.05, 3.63) is 59.8 Å². The minimum absolute atomic E-state index is 0.0480. The number of fused-ring (bicyclic) bond motifs is 6. The molecule has 0 unspecified atom stereocenters. The fourth-order valence-corrected chi connectivity index (χ4v) is 8.49. The van der Waals surface area contributed by atoms with E-state index in [1.54, 1.807) is 11.1 Å². The van der Waals surface area contributed by atoms with Crippen LogP contribution in [0.1, 0.15) is 85.1 Å². The Labute approximate surface area is 205 Å². The van der Waals surface area contributed by atoms with Crippen molar-refractivity contribution in [2.24, 2.45) is 28.6 Å². The van der Waals surface area contributed by atoms with Crippen LogP contribution in [0, 0.1) is 28.6 Å². The molecule has 1 heterocycles. The maximum atomic E-state index is 6.43. The van der Waals surface area contributed by atoms with E-state index in [2.05, 4.69) is 82.1 Å². The maximum absolute atomic E-state index is 6.43. The lowest BCUT2D eigenvalue weighted by molar-refractivity contribution is -0.0894. The molecule has 1 aromatic carbocycles. The van der Waals surface area contributed by atoms with Crippen LogP contribution in [-0.4, -0.2) is 16.7 Å². The van der Waals surface area contributed by atoms with Crippen molar-refractivity contribution < 1.29 is 4.74 Å². The summed E-state index contributed by atoms with van der Waals surface area (Å²) in [6.07, 6.45) is 16.4. The summed E-state index contributed by atoms with van der Waals surface area (Å²) in [4.78, 5) is 4.54. The van der Waals surface area contributed by atoms with Crippen LogP contribution in [-0.2, 0) is 4.74 Å². The van der Waals surface area contributed by atoms with Crippen LogP contribution in [0.4, 0.5) is 0 Å². The predicted octanol–water partition coefficient (Wildman–Crippen LogP) is 8.37. The number of nitrogens with zero attached hydrogens (tertiary/aromatic N) is 1. The van der Waals surface area contributed by atoms with Crippen molar-refractivity contribution in [1.29, 1.82) is 0 Å². The summed E-state index contributed by atoms with van der Waals surface area (Å²) >= 11 is 0. The van der Waals surface area contributed by atoms with Crippen LogP contribution in [0.5, 0.6) is 0 Å². The van der Waals surface area contributed by atoms with Gasteiger partial charge in [0.05, 0.1) is 17.2 Å². The van der Waals surface area contributed by atoms with Crippen LogP contribution < -0.4 is 0 Å². The quantitative estimate of drug-likeness (QED) is 0.424. The van der Waals surface area contributed by atoms with Gasteiger partial charge in [0, 0.05) is 11.6 Å². The van der Waals surface area contributed by atoms with E-state index in [-0.39, 0.29) is 5.60 Å². The Balaban J connectivity index is 1.26. The molecule has 2 fully saturated rings. The molecule has 6 atom stereocenters. The number of benzene rings is 1. The zero-order valence-electron chi connectivity index (χ0n) is 21.7. The average molecular weight is 456 g/mol. The van der Waals surface area contributed by atoms with Crippen LogP contribution in [0.25, 0.3) is 16.5 Å². The van der Waals surface area contributed by atoms with Gasteiger partial charge in [-0.3, -0.25) is 4.98 Å². The highest BCUT2D eigenvalue weighted by atomic mass is 16.5. The van der Waals surface area contributed by atoms with Gasteiger partial charge in [0.15, 0.2) is 0 Å². The van der Waals surface area contributed by atoms with Crippen molar-refractivity contribution >= 4 is 16.5 Å². The Morgan fingerprint density at radius 2 is 1.76 bits per heavy atom. The van der Waals surface area contributed by atoms with E-state index in [1.807, 2.05) is 6.20 Å². The smallest absolute Gasteiger partial charge is 0.0702 e. The van der Waals surface area contributed by atoms with Crippen molar-refractivity contribution in [3.8, 4) is 0 Å². The zero-order chi connectivity index (χ0) is 23.7. The molecule has 4 aliphatic rings. The molecule has 2 nitrogen and oxygen atoms in total. The van der Waals surface area contributed by atoms with Crippen LogP contribution in [0.15, 0.2) is 54.3 Å². The standard InChI is InChI=1S/C32H41NO/c1-30(2,3)34-24-14-16-31(4)23(20-24)9-10-25-27-12-11-26(32(27,5)17-15-28(25)31)21-8-13-29-22(19-21)7-6-18-33-29/h6-9,11,13,18-19,24-25,27-28H,10,12,14-17,20H2,1-5H3/t24-,25+,27+,28+,31+,32-/m1/s1. The molecular weight excluding hydrogens is 414 g/mol. The fourth-order valence-electron chi connectivity index (χ4n) is 8.49. The van der Waals surface area contributed by atoms with Gasteiger partial charge in [-0.2, -0.15) is 0 Å². The highest BCUT2D eigenvalue weighted by molar-refractivity contribution is 5.85. The largest absolute Gasteiger partial charge is 0.372 e. The van der Waals surface area contributed by atoms with E-state index in [0.29, 0.717) is 16.9 Å². The highest BCUT2D eigenvalue weighted by Crippen LogP contribution is 2.66. The number of ether oxygens (including phenoxy) is 1. The Morgan fingerprint density at radius 3 is 2.59 bits per heavy atom. The summed E-state index contributed by atoms with van der Waals surface area (Å²) in [5.74, 6) is 2.40. The molecule has 2 aromatic rings. The van der Waals surface area contributed by atoms with E-state index in [0.717, 1.165) is 29.7 Å². The van der Waals surface area contributed by atoms with Gasteiger partial charge in [0.2, 0.25) is 0 Å². The summed E-state index contributed by atoms with van der Waals surface area (Å²) < 4.78 is 6.43. The van der Waals surface area contributed by atoms with Gasteiger partial charge in [0.1, 0.15) is 0 Å². The molecule has 0 amide bonds. The van der Waals surface area contributed by atoms with Gasteiger partial charge in [-0.1, -0.05) is 43.7 Å². The Hall–Kier alpha value is -1.93. The molecule has 2 heteroatoms.